The molecule has 0 bridgehead atoms. The zero-order valence-corrected chi connectivity index (χ0v) is 20.2. The molecule has 5 rings (SSSR count). The third-order valence-corrected chi connectivity index (χ3v) is 5.15. The first-order valence-electron chi connectivity index (χ1n) is 15.2. The van der Waals surface area contributed by atoms with Gasteiger partial charge in [0.05, 0.1) is 32.8 Å². The lowest BCUT2D eigenvalue weighted by Crippen LogP contribution is -2.14. The highest BCUT2D eigenvalue weighted by molar-refractivity contribution is 6.05. The van der Waals surface area contributed by atoms with E-state index < -0.39 is 83.3 Å². The number of halogens is 3. The number of hydrogen-bond donors (Lipinski definition) is 2. The van der Waals surface area contributed by atoms with Crippen LogP contribution in [-0.4, -0.2) is 30.4 Å². The van der Waals surface area contributed by atoms with Gasteiger partial charge in [-0.25, -0.2) is 15.0 Å². The van der Waals surface area contributed by atoms with Crippen molar-refractivity contribution in [2.24, 2.45) is 0 Å². The molecule has 11 heteroatoms. The highest BCUT2D eigenvalue weighted by Crippen LogP contribution is 2.33. The summed E-state index contributed by atoms with van der Waals surface area (Å²) in [5, 5.41) is 4.77. The first-order chi connectivity index (χ1) is 22.0. The number of aromatic nitrogens is 5. The molecule has 3 aromatic heterocycles. The van der Waals surface area contributed by atoms with Crippen molar-refractivity contribution >= 4 is 23.2 Å². The van der Waals surface area contributed by atoms with Crippen molar-refractivity contribution in [2.45, 2.75) is 20.0 Å². The van der Waals surface area contributed by atoms with E-state index in [0.717, 1.165) is 0 Å². The van der Waals surface area contributed by atoms with Crippen LogP contribution in [-0.2, 0) is 6.18 Å². The Morgan fingerprint density at radius 1 is 1.05 bits per heavy atom. The molecule has 0 saturated heterocycles. The average Bonchev–Trinajstić information content (AvgIpc) is 3.26. The second-order valence-corrected chi connectivity index (χ2v) is 8.05. The molecule has 5 aromatic rings. The van der Waals surface area contributed by atoms with E-state index in [1.807, 2.05) is 5.32 Å². The van der Waals surface area contributed by atoms with Crippen molar-refractivity contribution in [3.05, 3.63) is 108 Å². The van der Waals surface area contributed by atoms with Crippen LogP contribution < -0.4 is 10.6 Å². The number of benzene rings is 2. The lowest BCUT2D eigenvalue weighted by atomic mass is 10.1. The second-order valence-electron chi connectivity index (χ2n) is 8.05. The van der Waals surface area contributed by atoms with Gasteiger partial charge in [0.1, 0.15) is 1.37 Å². The summed E-state index contributed by atoms with van der Waals surface area (Å²) in [5.41, 5.74) is -3.76. The molecule has 3 heterocycles. The van der Waals surface area contributed by atoms with Gasteiger partial charge >= 0.3 is 6.18 Å². The maximum atomic E-state index is 14.2. The third kappa shape index (κ3) is 5.93. The van der Waals surface area contributed by atoms with Crippen molar-refractivity contribution in [2.75, 3.05) is 10.6 Å². The van der Waals surface area contributed by atoms with E-state index in [4.69, 9.17) is 11.0 Å². The minimum atomic E-state index is -5.34. The Balaban J connectivity index is 1.63. The molecule has 0 radical (unpaired) electrons. The fraction of sp³-hybridized carbons (Fsp3) is 0.107. The molecule has 0 spiro atoms. The highest BCUT2D eigenvalue weighted by Gasteiger charge is 2.31. The first kappa shape index (κ1) is 17.4. The number of nitrogens with one attached hydrogen (secondary N) is 2. The number of hydrogen-bond acceptors (Lipinski definition) is 6. The van der Waals surface area contributed by atoms with E-state index in [-0.39, 0.29) is 22.9 Å². The predicted octanol–water partition coefficient (Wildman–Crippen LogP) is 6.36. The summed E-state index contributed by atoms with van der Waals surface area (Å²) >= 11 is 0. The number of alkyl halides is 3. The molecule has 1 amide bonds. The molecule has 8 nitrogen and oxygen atoms in total. The van der Waals surface area contributed by atoms with Crippen molar-refractivity contribution in [3.63, 3.8) is 0 Å². The fourth-order valence-electron chi connectivity index (χ4n) is 3.30. The van der Waals surface area contributed by atoms with Crippen LogP contribution in [0.25, 0.3) is 16.9 Å². The highest BCUT2D eigenvalue weighted by atomic mass is 19.4. The molecule has 0 aliphatic carbocycles. The monoisotopic (exact) mass is 537 g/mol. The Labute approximate surface area is 232 Å². The van der Waals surface area contributed by atoms with E-state index in [0.29, 0.717) is 15.8 Å². The van der Waals surface area contributed by atoms with E-state index in [2.05, 4.69) is 25.3 Å². The van der Waals surface area contributed by atoms with Crippen molar-refractivity contribution in [1.82, 2.24) is 24.5 Å². The minimum absolute atomic E-state index is 0.0492. The van der Waals surface area contributed by atoms with Gasteiger partial charge in [-0.1, -0.05) is 6.04 Å². The molecule has 2 N–H and O–H groups in total. The van der Waals surface area contributed by atoms with E-state index >= 15 is 0 Å². The number of carbonyl (C=O) groups is 1. The van der Waals surface area contributed by atoms with Gasteiger partial charge in [-0.2, -0.15) is 13.2 Å². The van der Waals surface area contributed by atoms with Crippen molar-refractivity contribution < 1.29 is 28.9 Å². The standard InChI is InChI=1S/C28H22F3N7O/c1-17-5-6-19(10-25(17)37-27-33-9-7-24(36-27)20-4-3-8-32-14-20)26(39)35-22-11-21(28(29,30)31)12-23(13-22)38-15-18(2)34-16-38/h3-16H,1-2H3,(H,35,39)(H,33,36,37)/i5D,6D,10D,11D,12D,13D,15D,16D. The van der Waals surface area contributed by atoms with Gasteiger partial charge in [0.2, 0.25) is 5.95 Å². The Morgan fingerprint density at radius 2 is 1.90 bits per heavy atom. The fourth-order valence-corrected chi connectivity index (χ4v) is 3.30. The van der Waals surface area contributed by atoms with Gasteiger partial charge < -0.3 is 15.2 Å². The third-order valence-electron chi connectivity index (χ3n) is 5.15. The second kappa shape index (κ2) is 10.4. The molecular formula is C28H22F3N7O. The summed E-state index contributed by atoms with van der Waals surface area (Å²) in [6.45, 7) is 2.69. The van der Waals surface area contributed by atoms with Gasteiger partial charge in [-0.15, -0.1) is 0 Å². The zero-order chi connectivity index (χ0) is 34.5. The molecular weight excluding hydrogens is 507 g/mol. The van der Waals surface area contributed by atoms with Crippen LogP contribution in [0, 0.1) is 13.8 Å². The van der Waals surface area contributed by atoms with Gasteiger partial charge in [-0.05, 0) is 67.8 Å². The number of nitrogens with zero attached hydrogens (tertiary/aromatic N) is 5. The Bertz CT molecular complexity index is 2070. The largest absolute Gasteiger partial charge is 0.416 e. The number of rotatable bonds is 6. The Kier molecular flexibility index (Phi) is 4.64. The summed E-state index contributed by atoms with van der Waals surface area (Å²) in [6, 6.07) is -0.778. The van der Waals surface area contributed by atoms with Gasteiger partial charge in [-0.3, -0.25) is 9.78 Å². The number of amides is 1. The van der Waals surface area contributed by atoms with Crippen LogP contribution in [0.3, 0.4) is 0 Å². The van der Waals surface area contributed by atoms with Crippen LogP contribution in [0.1, 0.15) is 38.1 Å². The summed E-state index contributed by atoms with van der Waals surface area (Å²) < 4.78 is 110. The van der Waals surface area contributed by atoms with Crippen molar-refractivity contribution in [3.8, 4) is 16.9 Å². The molecule has 0 fully saturated rings. The van der Waals surface area contributed by atoms with Gasteiger partial charge in [0, 0.05) is 53.0 Å². The summed E-state index contributed by atoms with van der Waals surface area (Å²) in [6.07, 6.45) is -2.15. The predicted molar refractivity (Wildman–Crippen MR) is 141 cm³/mol. The maximum absolute atomic E-state index is 14.2. The van der Waals surface area contributed by atoms with Crippen LogP contribution in [0.15, 0.2) is 85.5 Å². The van der Waals surface area contributed by atoms with Crippen LogP contribution >= 0.6 is 0 Å². The summed E-state index contributed by atoms with van der Waals surface area (Å²) in [5.74, 6) is -1.45. The zero-order valence-electron chi connectivity index (χ0n) is 28.2. The molecule has 0 atom stereocenters. The smallest absolute Gasteiger partial charge is 0.324 e. The van der Waals surface area contributed by atoms with Gasteiger partial charge in [0.15, 0.2) is 0 Å². The molecule has 0 unspecified atom stereocenters. The topological polar surface area (TPSA) is 97.6 Å². The SMILES string of the molecule is [2H]c1c([2H])c(C(=O)Nc2c([2H])c(-n3c([2H])nc(C)c3[2H])c([2H])c(C(F)(F)F)c2[2H])c([2H])c(Nc2nccc(-c3cccnc3)n2)c1C. The Morgan fingerprint density at radius 3 is 2.62 bits per heavy atom. The molecule has 39 heavy (non-hydrogen) atoms. The van der Waals surface area contributed by atoms with Gasteiger partial charge in [0.25, 0.3) is 5.91 Å². The number of imidazole rings is 1. The quantitative estimate of drug-likeness (QED) is 0.262. The van der Waals surface area contributed by atoms with Crippen LogP contribution in [0.4, 0.5) is 30.5 Å². The summed E-state index contributed by atoms with van der Waals surface area (Å²) in [4.78, 5) is 29.8. The molecule has 2 aromatic carbocycles. The number of anilines is 3. The van der Waals surface area contributed by atoms with Crippen LogP contribution in [0.5, 0.6) is 0 Å². The lowest BCUT2D eigenvalue weighted by molar-refractivity contribution is -0.137. The van der Waals surface area contributed by atoms with E-state index in [1.54, 1.807) is 30.6 Å². The van der Waals surface area contributed by atoms with Crippen molar-refractivity contribution in [1.29, 1.82) is 0 Å². The Hall–Kier alpha value is -5.06. The molecule has 0 aliphatic rings. The number of aryl methyl sites for hydroxylation is 1. The minimum Gasteiger partial charge on any atom is -0.324 e. The molecule has 196 valence electrons. The van der Waals surface area contributed by atoms with Crippen LogP contribution in [0.2, 0.25) is 0 Å². The molecule has 0 aliphatic heterocycles. The maximum Gasteiger partial charge on any atom is 0.416 e. The number of carbonyl (C=O) groups excluding carboxylic acids is 1. The lowest BCUT2D eigenvalue weighted by Gasteiger charge is -2.14. The number of pyridine rings is 1. The average molecular weight is 538 g/mol. The van der Waals surface area contributed by atoms with E-state index in [9.17, 15) is 18.0 Å². The summed E-state index contributed by atoms with van der Waals surface area (Å²) in [7, 11) is 0. The van der Waals surface area contributed by atoms with E-state index in [1.165, 1.54) is 20.0 Å². The normalized spacial score (nSPS) is 14.2. The molecule has 0 saturated carbocycles. The first-order valence-corrected chi connectivity index (χ1v) is 11.2.